The zero-order valence-electron chi connectivity index (χ0n) is 11.5. The van der Waals surface area contributed by atoms with Gasteiger partial charge in [0.25, 0.3) is 0 Å². The van der Waals surface area contributed by atoms with E-state index in [1.54, 1.807) is 12.1 Å². The van der Waals surface area contributed by atoms with Crippen LogP contribution in [0.25, 0.3) is 0 Å². The van der Waals surface area contributed by atoms with Gasteiger partial charge >= 0.3 is 11.9 Å². The Morgan fingerprint density at radius 3 is 2.73 bits per heavy atom. The Kier molecular flexibility index (Phi) is 3.54. The normalized spacial score (nSPS) is 24.5. The van der Waals surface area contributed by atoms with Gasteiger partial charge in [0.1, 0.15) is 12.4 Å². The quantitative estimate of drug-likeness (QED) is 0.499. The molecular weight excluding hydrogens is 290 g/mol. The van der Waals surface area contributed by atoms with E-state index in [-0.39, 0.29) is 24.7 Å². The number of aliphatic carboxylic acids is 1. The molecule has 3 rings (SSSR count). The minimum Gasteiger partial charge on any atom is -0.479 e. The Labute approximate surface area is 125 Å². The van der Waals surface area contributed by atoms with Crippen molar-refractivity contribution in [3.63, 3.8) is 0 Å². The van der Waals surface area contributed by atoms with E-state index in [2.05, 4.69) is 0 Å². The van der Waals surface area contributed by atoms with Crippen molar-refractivity contribution in [3.05, 3.63) is 47.7 Å². The van der Waals surface area contributed by atoms with Crippen molar-refractivity contribution >= 4 is 17.8 Å². The van der Waals surface area contributed by atoms with Crippen molar-refractivity contribution in [2.24, 2.45) is 0 Å². The number of hydrogen-bond donors (Lipinski definition) is 1. The van der Waals surface area contributed by atoms with E-state index in [9.17, 15) is 19.5 Å². The molecule has 22 heavy (non-hydrogen) atoms. The topological polar surface area (TPSA) is 93.1 Å². The maximum absolute atomic E-state index is 11.8. The zero-order valence-corrected chi connectivity index (χ0v) is 11.5. The molecule has 2 heterocycles. The molecule has 1 amide bonds. The molecule has 2 unspecified atom stereocenters. The molecule has 1 aromatic rings. The summed E-state index contributed by atoms with van der Waals surface area (Å²) in [5.41, 5.74) is 0.815. The van der Waals surface area contributed by atoms with Gasteiger partial charge in [0.2, 0.25) is 5.91 Å². The van der Waals surface area contributed by atoms with Crippen LogP contribution >= 0.6 is 0 Å². The Balaban J connectivity index is 1.67. The standard InChI is InChI=1S/C15H13NO6/c17-11-7-12-16(11)14(15(19)20)10(22-12)6-13(18)21-8-9-4-2-1-3-5-9/h1-6,12,14H,7-8H2,(H,19,20). The molecule has 2 aliphatic heterocycles. The average Bonchev–Trinajstić information content (AvgIpc) is 2.78. The minimum absolute atomic E-state index is 0.0681. The number of benzene rings is 1. The SMILES string of the molecule is O=C(C=C1OC2CC(=O)N2C1C(=O)O)OCc1ccccc1. The van der Waals surface area contributed by atoms with Crippen LogP contribution in [0.1, 0.15) is 12.0 Å². The van der Waals surface area contributed by atoms with Crippen LogP contribution in [0.15, 0.2) is 42.2 Å². The zero-order chi connectivity index (χ0) is 15.7. The van der Waals surface area contributed by atoms with Gasteiger partial charge < -0.3 is 14.6 Å². The molecule has 2 atom stereocenters. The van der Waals surface area contributed by atoms with Gasteiger partial charge in [-0.25, -0.2) is 9.59 Å². The van der Waals surface area contributed by atoms with Crippen LogP contribution in [-0.2, 0) is 30.5 Å². The lowest BCUT2D eigenvalue weighted by atomic mass is 10.1. The molecule has 7 nitrogen and oxygen atoms in total. The van der Waals surface area contributed by atoms with Crippen LogP contribution in [0.2, 0.25) is 0 Å². The van der Waals surface area contributed by atoms with E-state index in [0.29, 0.717) is 0 Å². The van der Waals surface area contributed by atoms with E-state index in [4.69, 9.17) is 9.47 Å². The molecule has 0 saturated carbocycles. The highest BCUT2D eigenvalue weighted by Gasteiger charge is 2.54. The number of carboxylic acid groups (broad SMARTS) is 1. The molecule has 0 aliphatic carbocycles. The third-order valence-electron chi connectivity index (χ3n) is 3.49. The average molecular weight is 303 g/mol. The second-order valence-electron chi connectivity index (χ2n) is 4.96. The number of rotatable bonds is 4. The number of carbonyl (C=O) groups excluding carboxylic acids is 2. The fourth-order valence-electron chi connectivity index (χ4n) is 2.41. The molecule has 114 valence electrons. The van der Waals surface area contributed by atoms with Crippen LogP contribution < -0.4 is 0 Å². The molecule has 1 N–H and O–H groups in total. The van der Waals surface area contributed by atoms with Gasteiger partial charge in [0.15, 0.2) is 12.3 Å². The van der Waals surface area contributed by atoms with Crippen molar-refractivity contribution in [1.82, 2.24) is 4.90 Å². The molecule has 0 spiro atoms. The first-order chi connectivity index (χ1) is 10.6. The Hall–Kier alpha value is -2.83. The fraction of sp³-hybridized carbons (Fsp3) is 0.267. The van der Waals surface area contributed by atoms with Crippen molar-refractivity contribution in [3.8, 4) is 0 Å². The predicted molar refractivity (Wildman–Crippen MR) is 72.1 cm³/mol. The number of ether oxygens (including phenoxy) is 2. The molecule has 0 radical (unpaired) electrons. The summed E-state index contributed by atoms with van der Waals surface area (Å²) in [6.45, 7) is 0.0767. The van der Waals surface area contributed by atoms with Gasteiger partial charge in [-0.15, -0.1) is 0 Å². The Morgan fingerprint density at radius 1 is 1.36 bits per heavy atom. The predicted octanol–water partition coefficient (Wildman–Crippen LogP) is 0.655. The molecule has 2 saturated heterocycles. The second-order valence-corrected chi connectivity index (χ2v) is 4.96. The molecule has 0 aromatic heterocycles. The third-order valence-corrected chi connectivity index (χ3v) is 3.49. The van der Waals surface area contributed by atoms with Gasteiger partial charge in [0.05, 0.1) is 12.5 Å². The number of β-lactam (4-membered cyclic amide) rings is 1. The van der Waals surface area contributed by atoms with Crippen molar-refractivity contribution in [2.75, 3.05) is 0 Å². The van der Waals surface area contributed by atoms with E-state index in [1.807, 2.05) is 18.2 Å². The Bertz CT molecular complexity index is 653. The first kappa shape index (κ1) is 14.1. The number of carbonyl (C=O) groups is 3. The van der Waals surface area contributed by atoms with Crippen molar-refractivity contribution in [2.45, 2.75) is 25.3 Å². The number of esters is 1. The number of carboxylic acids is 1. The van der Waals surface area contributed by atoms with Gasteiger partial charge in [-0.1, -0.05) is 30.3 Å². The first-order valence-corrected chi connectivity index (χ1v) is 6.69. The van der Waals surface area contributed by atoms with Crippen LogP contribution in [-0.4, -0.2) is 40.1 Å². The number of hydrogen-bond acceptors (Lipinski definition) is 5. The van der Waals surface area contributed by atoms with Gasteiger partial charge in [-0.05, 0) is 5.56 Å². The molecule has 7 heteroatoms. The summed E-state index contributed by atoms with van der Waals surface area (Å²) in [5, 5.41) is 9.18. The summed E-state index contributed by atoms with van der Waals surface area (Å²) in [7, 11) is 0. The third kappa shape index (κ3) is 2.52. The van der Waals surface area contributed by atoms with Gasteiger partial charge in [0, 0.05) is 0 Å². The monoisotopic (exact) mass is 303 g/mol. The van der Waals surface area contributed by atoms with Crippen LogP contribution in [0.5, 0.6) is 0 Å². The van der Waals surface area contributed by atoms with Crippen LogP contribution in [0.3, 0.4) is 0 Å². The van der Waals surface area contributed by atoms with E-state index >= 15 is 0 Å². The van der Waals surface area contributed by atoms with Gasteiger partial charge in [-0.3, -0.25) is 9.69 Å². The summed E-state index contributed by atoms with van der Waals surface area (Å²) < 4.78 is 10.4. The first-order valence-electron chi connectivity index (χ1n) is 6.69. The molecule has 2 aliphatic rings. The van der Waals surface area contributed by atoms with Crippen molar-refractivity contribution < 1.29 is 29.0 Å². The van der Waals surface area contributed by atoms with Gasteiger partial charge in [-0.2, -0.15) is 0 Å². The smallest absolute Gasteiger partial charge is 0.334 e. The number of nitrogens with zero attached hydrogens (tertiary/aromatic N) is 1. The molecule has 2 fully saturated rings. The summed E-state index contributed by atoms with van der Waals surface area (Å²) in [4.78, 5) is 35.5. The lowest BCUT2D eigenvalue weighted by Gasteiger charge is -2.33. The van der Waals surface area contributed by atoms with E-state index in [0.717, 1.165) is 16.5 Å². The van der Waals surface area contributed by atoms with E-state index < -0.39 is 24.2 Å². The lowest BCUT2D eigenvalue weighted by Crippen LogP contribution is -2.54. The summed E-state index contributed by atoms with van der Waals surface area (Å²) in [6.07, 6.45) is 0.523. The van der Waals surface area contributed by atoms with Crippen molar-refractivity contribution in [1.29, 1.82) is 0 Å². The second kappa shape index (κ2) is 5.51. The number of amides is 1. The largest absolute Gasteiger partial charge is 0.479 e. The Morgan fingerprint density at radius 2 is 2.09 bits per heavy atom. The maximum Gasteiger partial charge on any atom is 0.334 e. The summed E-state index contributed by atoms with van der Waals surface area (Å²) >= 11 is 0. The van der Waals surface area contributed by atoms with E-state index in [1.165, 1.54) is 0 Å². The number of fused-ring (bicyclic) bond motifs is 1. The highest BCUT2D eigenvalue weighted by Crippen LogP contribution is 2.36. The van der Waals surface area contributed by atoms with Crippen LogP contribution in [0.4, 0.5) is 0 Å². The highest BCUT2D eigenvalue weighted by molar-refractivity contribution is 5.93. The lowest BCUT2D eigenvalue weighted by molar-refractivity contribution is -0.163. The molecule has 0 bridgehead atoms. The minimum atomic E-state index is -1.25. The highest BCUT2D eigenvalue weighted by atomic mass is 16.5. The fourth-order valence-corrected chi connectivity index (χ4v) is 2.41. The molecule has 1 aromatic carbocycles. The molecular formula is C15H13NO6. The van der Waals surface area contributed by atoms with Crippen LogP contribution in [0, 0.1) is 0 Å². The summed E-state index contributed by atoms with van der Waals surface area (Å²) in [5.74, 6) is -2.32. The summed E-state index contributed by atoms with van der Waals surface area (Å²) in [6, 6.07) is 7.83. The maximum atomic E-state index is 11.8.